The second kappa shape index (κ2) is 6.16. The van der Waals surface area contributed by atoms with Gasteiger partial charge in [-0.05, 0) is 24.1 Å². The maximum absolute atomic E-state index is 11.0. The van der Waals surface area contributed by atoms with Crippen LogP contribution >= 0.6 is 0 Å². The Kier molecular flexibility index (Phi) is 4.32. The molecule has 0 heterocycles. The van der Waals surface area contributed by atoms with Gasteiger partial charge in [0.15, 0.2) is 0 Å². The van der Waals surface area contributed by atoms with Gasteiger partial charge in [-0.15, -0.1) is 0 Å². The smallest absolute Gasteiger partial charge is 0.292 e. The van der Waals surface area contributed by atoms with E-state index >= 15 is 0 Å². The van der Waals surface area contributed by atoms with E-state index in [4.69, 9.17) is 0 Å². The molecule has 1 unspecified atom stereocenters. The highest BCUT2D eigenvalue weighted by molar-refractivity contribution is 5.63. The molecule has 0 saturated heterocycles. The average Bonchev–Trinajstić information content (AvgIpc) is 2.45. The highest BCUT2D eigenvalue weighted by Crippen LogP contribution is 2.29. The summed E-state index contributed by atoms with van der Waals surface area (Å²) in [7, 11) is 0. The molecule has 2 aromatic rings. The third-order valence-corrected chi connectivity index (χ3v) is 3.06. The van der Waals surface area contributed by atoms with Crippen LogP contribution in [0, 0.1) is 17.0 Å². The van der Waals surface area contributed by atoms with Gasteiger partial charge < -0.3 is 10.4 Å². The van der Waals surface area contributed by atoms with Crippen molar-refractivity contribution in [1.29, 1.82) is 0 Å². The second-order valence-electron chi connectivity index (χ2n) is 4.57. The number of hydrogen-bond donors (Lipinski definition) is 2. The first kappa shape index (κ1) is 14.0. The first-order valence-electron chi connectivity index (χ1n) is 6.29. The molecule has 2 aromatic carbocycles. The maximum Gasteiger partial charge on any atom is 0.292 e. The standard InChI is InChI=1S/C15H16N2O3/c1-11-7-8-15(17(19)20)13(9-11)16-14(10-18)12-5-3-2-4-6-12/h2-9,14,16,18H,10H2,1H3. The molecule has 0 aliphatic rings. The van der Waals surface area contributed by atoms with Gasteiger partial charge in [-0.25, -0.2) is 0 Å². The van der Waals surface area contributed by atoms with Crippen LogP contribution in [-0.4, -0.2) is 16.6 Å². The summed E-state index contributed by atoms with van der Waals surface area (Å²) in [5.41, 5.74) is 2.22. The minimum Gasteiger partial charge on any atom is -0.394 e. The second-order valence-corrected chi connectivity index (χ2v) is 4.57. The molecule has 0 aliphatic heterocycles. The summed E-state index contributed by atoms with van der Waals surface area (Å²) in [5, 5.41) is 23.6. The number of rotatable bonds is 5. The fourth-order valence-corrected chi connectivity index (χ4v) is 2.03. The molecule has 0 amide bonds. The van der Waals surface area contributed by atoms with E-state index in [-0.39, 0.29) is 18.3 Å². The minimum absolute atomic E-state index is 0.00461. The van der Waals surface area contributed by atoms with E-state index < -0.39 is 4.92 Å². The van der Waals surface area contributed by atoms with Crippen molar-refractivity contribution in [1.82, 2.24) is 0 Å². The van der Waals surface area contributed by atoms with Crippen molar-refractivity contribution in [3.8, 4) is 0 Å². The van der Waals surface area contributed by atoms with Crippen molar-refractivity contribution in [2.45, 2.75) is 13.0 Å². The van der Waals surface area contributed by atoms with Gasteiger partial charge in [-0.1, -0.05) is 36.4 Å². The van der Waals surface area contributed by atoms with Gasteiger partial charge in [0.2, 0.25) is 0 Å². The third kappa shape index (κ3) is 3.13. The van der Waals surface area contributed by atoms with Gasteiger partial charge in [0, 0.05) is 6.07 Å². The predicted octanol–water partition coefficient (Wildman–Crippen LogP) is 3.05. The highest BCUT2D eigenvalue weighted by atomic mass is 16.6. The van der Waals surface area contributed by atoms with Crippen LogP contribution in [0.25, 0.3) is 0 Å². The SMILES string of the molecule is Cc1ccc([N+](=O)[O-])c(NC(CO)c2ccccc2)c1. The number of anilines is 1. The Morgan fingerprint density at radius 2 is 1.95 bits per heavy atom. The van der Waals surface area contributed by atoms with Crippen LogP contribution in [0.5, 0.6) is 0 Å². The Balaban J connectivity index is 2.32. The lowest BCUT2D eigenvalue weighted by molar-refractivity contribution is -0.384. The summed E-state index contributed by atoms with van der Waals surface area (Å²) in [6, 6.07) is 13.9. The quantitative estimate of drug-likeness (QED) is 0.648. The molecule has 0 fully saturated rings. The Hall–Kier alpha value is -2.40. The van der Waals surface area contributed by atoms with Crippen molar-refractivity contribution in [3.63, 3.8) is 0 Å². The molecule has 0 aromatic heterocycles. The lowest BCUT2D eigenvalue weighted by atomic mass is 10.1. The van der Waals surface area contributed by atoms with Crippen LogP contribution < -0.4 is 5.32 Å². The maximum atomic E-state index is 11.0. The van der Waals surface area contributed by atoms with Gasteiger partial charge >= 0.3 is 0 Å². The first-order valence-corrected chi connectivity index (χ1v) is 6.29. The van der Waals surface area contributed by atoms with Crippen molar-refractivity contribution in [2.24, 2.45) is 0 Å². The molecule has 5 nitrogen and oxygen atoms in total. The van der Waals surface area contributed by atoms with Gasteiger partial charge in [-0.3, -0.25) is 10.1 Å². The summed E-state index contributed by atoms with van der Waals surface area (Å²) < 4.78 is 0. The van der Waals surface area contributed by atoms with Crippen LogP contribution in [-0.2, 0) is 0 Å². The normalized spacial score (nSPS) is 11.9. The van der Waals surface area contributed by atoms with Crippen LogP contribution in [0.1, 0.15) is 17.2 Å². The van der Waals surface area contributed by atoms with Crippen molar-refractivity contribution >= 4 is 11.4 Å². The lowest BCUT2D eigenvalue weighted by Crippen LogP contribution is -2.15. The Morgan fingerprint density at radius 1 is 1.25 bits per heavy atom. The molecule has 0 radical (unpaired) electrons. The lowest BCUT2D eigenvalue weighted by Gasteiger charge is -2.18. The van der Waals surface area contributed by atoms with Gasteiger partial charge in [0.1, 0.15) is 5.69 Å². The van der Waals surface area contributed by atoms with E-state index in [2.05, 4.69) is 5.32 Å². The molecule has 20 heavy (non-hydrogen) atoms. The molecule has 2 N–H and O–H groups in total. The van der Waals surface area contributed by atoms with Crippen molar-refractivity contribution < 1.29 is 10.0 Å². The van der Waals surface area contributed by atoms with Crippen molar-refractivity contribution in [2.75, 3.05) is 11.9 Å². The molecule has 5 heteroatoms. The van der Waals surface area contributed by atoms with E-state index in [0.717, 1.165) is 11.1 Å². The largest absolute Gasteiger partial charge is 0.394 e. The molecule has 104 valence electrons. The number of aliphatic hydroxyl groups excluding tert-OH is 1. The molecule has 1 atom stereocenters. The summed E-state index contributed by atoms with van der Waals surface area (Å²) in [4.78, 5) is 10.6. The molecule has 0 bridgehead atoms. The van der Waals surface area contributed by atoms with Crippen LogP contribution in [0.3, 0.4) is 0 Å². The fraction of sp³-hybridized carbons (Fsp3) is 0.200. The van der Waals surface area contributed by atoms with Crippen LogP contribution in [0.15, 0.2) is 48.5 Å². The molecule has 2 rings (SSSR count). The predicted molar refractivity (Wildman–Crippen MR) is 77.7 cm³/mol. The number of nitrogens with zero attached hydrogens (tertiary/aromatic N) is 1. The number of aliphatic hydroxyl groups is 1. The Morgan fingerprint density at radius 3 is 2.55 bits per heavy atom. The summed E-state index contributed by atoms with van der Waals surface area (Å²) >= 11 is 0. The molecule has 0 spiro atoms. The van der Waals surface area contributed by atoms with E-state index in [1.54, 1.807) is 12.1 Å². The summed E-state index contributed by atoms with van der Waals surface area (Å²) in [6.45, 7) is 1.72. The van der Waals surface area contributed by atoms with Crippen LogP contribution in [0.4, 0.5) is 11.4 Å². The third-order valence-electron chi connectivity index (χ3n) is 3.06. The van der Waals surface area contributed by atoms with Gasteiger partial charge in [0.05, 0.1) is 17.6 Å². The van der Waals surface area contributed by atoms with Gasteiger partial charge in [-0.2, -0.15) is 0 Å². The van der Waals surface area contributed by atoms with E-state index in [1.807, 2.05) is 37.3 Å². The number of hydrogen-bond acceptors (Lipinski definition) is 4. The fourth-order valence-electron chi connectivity index (χ4n) is 2.03. The number of aryl methyl sites for hydroxylation is 1. The van der Waals surface area contributed by atoms with Gasteiger partial charge in [0.25, 0.3) is 5.69 Å². The van der Waals surface area contributed by atoms with E-state index in [9.17, 15) is 15.2 Å². The zero-order valence-corrected chi connectivity index (χ0v) is 11.1. The molecular formula is C15H16N2O3. The number of benzene rings is 2. The molecule has 0 saturated carbocycles. The number of nitro benzene ring substituents is 1. The summed E-state index contributed by atoms with van der Waals surface area (Å²) in [5.74, 6) is 0. The Bertz CT molecular complexity index is 599. The highest BCUT2D eigenvalue weighted by Gasteiger charge is 2.17. The summed E-state index contributed by atoms with van der Waals surface area (Å²) in [6.07, 6.45) is 0. The van der Waals surface area contributed by atoms with E-state index in [1.165, 1.54) is 6.07 Å². The number of nitro groups is 1. The van der Waals surface area contributed by atoms with Crippen LogP contribution in [0.2, 0.25) is 0 Å². The first-order chi connectivity index (χ1) is 9.61. The molecular weight excluding hydrogens is 256 g/mol. The monoisotopic (exact) mass is 272 g/mol. The van der Waals surface area contributed by atoms with Crippen molar-refractivity contribution in [3.05, 3.63) is 69.8 Å². The van der Waals surface area contributed by atoms with E-state index in [0.29, 0.717) is 5.69 Å². The number of nitrogens with one attached hydrogen (secondary N) is 1. The zero-order valence-electron chi connectivity index (χ0n) is 11.1. The topological polar surface area (TPSA) is 75.4 Å². The average molecular weight is 272 g/mol. The Labute approximate surface area is 117 Å². The zero-order chi connectivity index (χ0) is 14.5. The molecule has 0 aliphatic carbocycles. The minimum atomic E-state index is -0.429.